The second-order valence-corrected chi connectivity index (χ2v) is 19.0. The lowest BCUT2D eigenvalue weighted by Crippen LogP contribution is -2.52. The van der Waals surface area contributed by atoms with Crippen LogP contribution < -0.4 is 14.8 Å². The summed E-state index contributed by atoms with van der Waals surface area (Å²) in [5.74, 6) is -0.333. The third kappa shape index (κ3) is 20.9. The van der Waals surface area contributed by atoms with E-state index in [4.69, 9.17) is 18.9 Å². The first-order chi connectivity index (χ1) is 33.7. The molecule has 3 aromatic rings. The highest BCUT2D eigenvalue weighted by Crippen LogP contribution is 2.45. The monoisotopic (exact) mass is 955 g/mol. The lowest BCUT2D eigenvalue weighted by molar-refractivity contribution is -0.152. The average Bonchev–Trinajstić information content (AvgIpc) is 3.79. The molecule has 0 radical (unpaired) electrons. The molecule has 0 aliphatic carbocycles. The van der Waals surface area contributed by atoms with Crippen molar-refractivity contribution < 1.29 is 43.2 Å². The molecule has 3 unspecified atom stereocenters. The number of aliphatic carboxylic acids is 1. The minimum atomic E-state index is -1.22. The van der Waals surface area contributed by atoms with E-state index in [2.05, 4.69) is 12.2 Å². The molecule has 1 aliphatic heterocycles. The summed E-state index contributed by atoms with van der Waals surface area (Å²) in [6, 6.07) is 24.5. The van der Waals surface area contributed by atoms with Crippen molar-refractivity contribution in [1.29, 1.82) is 0 Å². The molecule has 2 amide bonds. The van der Waals surface area contributed by atoms with Gasteiger partial charge in [-0.1, -0.05) is 184 Å². The number of carboxylic acid groups (broad SMARTS) is 1. The summed E-state index contributed by atoms with van der Waals surface area (Å²) in [6.07, 6.45) is 27.1. The number of methoxy groups -OCH3 is 2. The van der Waals surface area contributed by atoms with Crippen LogP contribution in [0.1, 0.15) is 197 Å². The second-order valence-electron chi connectivity index (χ2n) is 19.0. The molecular formula is C58H86N2O9. The highest BCUT2D eigenvalue weighted by atomic mass is 16.5. The minimum absolute atomic E-state index is 0.0901. The Hall–Kier alpha value is -4.90. The summed E-state index contributed by atoms with van der Waals surface area (Å²) in [6.45, 7) is 3.17. The predicted molar refractivity (Wildman–Crippen MR) is 274 cm³/mol. The zero-order valence-corrected chi connectivity index (χ0v) is 42.5. The maximum atomic E-state index is 14.5. The molecule has 0 bridgehead atoms. The molecule has 0 aromatic heterocycles. The van der Waals surface area contributed by atoms with Crippen LogP contribution >= 0.6 is 0 Å². The molecule has 1 saturated heterocycles. The lowest BCUT2D eigenvalue weighted by Gasteiger charge is -2.44. The number of benzene rings is 3. The normalized spacial score (nSPS) is 15.4. The summed E-state index contributed by atoms with van der Waals surface area (Å²) in [5, 5.41) is 12.3. The number of carbonyl (C=O) groups is 4. The van der Waals surface area contributed by atoms with Gasteiger partial charge in [-0.25, -0.2) is 0 Å². The predicted octanol–water partition coefficient (Wildman–Crippen LogP) is 13.0. The number of likely N-dealkylation sites (tertiary alicyclic amines) is 1. The number of carboxylic acids is 1. The molecule has 11 heteroatoms. The summed E-state index contributed by atoms with van der Waals surface area (Å²) in [7, 11) is 3.23. The van der Waals surface area contributed by atoms with E-state index in [0.717, 1.165) is 48.1 Å². The summed E-state index contributed by atoms with van der Waals surface area (Å²) in [4.78, 5) is 53.2. The number of nitrogens with one attached hydrogen (secondary N) is 1. The molecule has 1 aliphatic rings. The molecule has 0 saturated carbocycles. The fourth-order valence-corrected chi connectivity index (χ4v) is 9.66. The molecule has 0 spiro atoms. The van der Waals surface area contributed by atoms with Gasteiger partial charge in [0.1, 0.15) is 23.2 Å². The third-order valence-corrected chi connectivity index (χ3v) is 13.6. The Morgan fingerprint density at radius 2 is 1.09 bits per heavy atom. The number of hydrogen-bond acceptors (Lipinski definition) is 8. The van der Waals surface area contributed by atoms with Crippen LogP contribution in [-0.2, 0) is 40.9 Å². The molecule has 1 heterocycles. The highest BCUT2D eigenvalue weighted by Gasteiger charge is 2.52. The first-order valence-electron chi connectivity index (χ1n) is 26.6. The Kier molecular flexibility index (Phi) is 27.6. The van der Waals surface area contributed by atoms with Gasteiger partial charge in [-0.15, -0.1) is 0 Å². The van der Waals surface area contributed by atoms with Crippen molar-refractivity contribution in [2.24, 2.45) is 0 Å². The van der Waals surface area contributed by atoms with Crippen LogP contribution in [0, 0.1) is 0 Å². The van der Waals surface area contributed by atoms with Gasteiger partial charge in [-0.05, 0) is 60.2 Å². The standard InChI is InChI=1S/C58H86N2O9/c1-4-5-6-7-8-9-10-11-12-13-14-15-16-17-18-19-20-21-26-31-54(61)59-43-28-23-27-32-55(62)60-45-52(69-57(65)42-41-56(63)64)44-53(60)58(48-29-24-22-25-30-48,49-35-39-51(67-3)40-36-49)68-46-47-33-37-50(66-2)38-34-47/h22,24-25,29-30,33-40,52-53H,4-21,23,26-28,31-32,41-46H2,1-3H3,(H,59,61)(H,63,64). The summed E-state index contributed by atoms with van der Waals surface area (Å²) < 4.78 is 24.0. The van der Waals surface area contributed by atoms with E-state index in [1.54, 1.807) is 19.1 Å². The molecule has 4 rings (SSSR count). The molecule has 3 aromatic carbocycles. The fourth-order valence-electron chi connectivity index (χ4n) is 9.66. The van der Waals surface area contributed by atoms with E-state index in [0.29, 0.717) is 25.1 Å². The molecule has 1 fully saturated rings. The molecule has 11 nitrogen and oxygen atoms in total. The van der Waals surface area contributed by atoms with Gasteiger partial charge in [-0.3, -0.25) is 19.2 Å². The molecule has 2 N–H and O–H groups in total. The smallest absolute Gasteiger partial charge is 0.306 e. The fraction of sp³-hybridized carbons (Fsp3) is 0.621. The van der Waals surface area contributed by atoms with Crippen LogP contribution in [0.15, 0.2) is 78.9 Å². The van der Waals surface area contributed by atoms with Crippen LogP contribution in [0.5, 0.6) is 11.5 Å². The lowest BCUT2D eigenvalue weighted by atomic mass is 9.78. The van der Waals surface area contributed by atoms with Crippen LogP contribution in [0.2, 0.25) is 0 Å². The van der Waals surface area contributed by atoms with Crippen LogP contribution in [-0.4, -0.2) is 73.2 Å². The Morgan fingerprint density at radius 3 is 1.62 bits per heavy atom. The van der Waals surface area contributed by atoms with Crippen LogP contribution in [0.4, 0.5) is 0 Å². The Labute approximate surface area is 414 Å². The summed E-state index contributed by atoms with van der Waals surface area (Å²) in [5.41, 5.74) is 1.29. The Bertz CT molecular complexity index is 1870. The van der Waals surface area contributed by atoms with Gasteiger partial charge in [0, 0.05) is 25.8 Å². The van der Waals surface area contributed by atoms with Gasteiger partial charge in [0.15, 0.2) is 0 Å². The number of hydrogen-bond donors (Lipinski definition) is 2. The van der Waals surface area contributed by atoms with Gasteiger partial charge >= 0.3 is 11.9 Å². The van der Waals surface area contributed by atoms with Gasteiger partial charge < -0.3 is 34.3 Å². The number of nitrogens with zero attached hydrogens (tertiary/aromatic N) is 1. The first-order valence-corrected chi connectivity index (χ1v) is 26.6. The van der Waals surface area contributed by atoms with Crippen molar-refractivity contribution in [1.82, 2.24) is 10.2 Å². The topological polar surface area (TPSA) is 141 Å². The van der Waals surface area contributed by atoms with E-state index in [1.807, 2.05) is 78.9 Å². The van der Waals surface area contributed by atoms with Gasteiger partial charge in [-0.2, -0.15) is 0 Å². The maximum Gasteiger partial charge on any atom is 0.306 e. The SMILES string of the molecule is CCCCCCCCCCCCCCCCCCCCCC(=O)NCCCCCC(=O)N1CC(OC(=O)CCC(=O)O)CC1C(OCc1ccc(OC)cc1)(c1ccccc1)c1ccc(OC)cc1. The first kappa shape index (κ1) is 56.7. The summed E-state index contributed by atoms with van der Waals surface area (Å²) >= 11 is 0. The Balaban J connectivity index is 1.25. The van der Waals surface area contributed by atoms with Crippen molar-refractivity contribution in [2.45, 2.75) is 205 Å². The number of carbonyl (C=O) groups excluding carboxylic acids is 3. The molecular weight excluding hydrogens is 869 g/mol. The van der Waals surface area contributed by atoms with Gasteiger partial charge in [0.2, 0.25) is 11.8 Å². The van der Waals surface area contributed by atoms with E-state index in [9.17, 15) is 24.3 Å². The number of ether oxygens (including phenoxy) is 4. The van der Waals surface area contributed by atoms with E-state index in [1.165, 1.54) is 109 Å². The highest BCUT2D eigenvalue weighted by molar-refractivity contribution is 5.78. The number of amides is 2. The molecule has 382 valence electrons. The zero-order valence-electron chi connectivity index (χ0n) is 42.5. The Morgan fingerprint density at radius 1 is 0.594 bits per heavy atom. The van der Waals surface area contributed by atoms with Crippen LogP contribution in [0.3, 0.4) is 0 Å². The quantitative estimate of drug-likeness (QED) is 0.0424. The van der Waals surface area contributed by atoms with Crippen molar-refractivity contribution in [2.75, 3.05) is 27.3 Å². The number of unbranched alkanes of at least 4 members (excludes halogenated alkanes) is 20. The second kappa shape index (κ2) is 33.6. The van der Waals surface area contributed by atoms with Crippen molar-refractivity contribution in [3.8, 4) is 11.5 Å². The third-order valence-electron chi connectivity index (χ3n) is 13.6. The number of esters is 1. The average molecular weight is 955 g/mol. The largest absolute Gasteiger partial charge is 0.497 e. The minimum Gasteiger partial charge on any atom is -0.497 e. The maximum absolute atomic E-state index is 14.5. The number of rotatable bonds is 38. The van der Waals surface area contributed by atoms with Crippen molar-refractivity contribution in [3.63, 3.8) is 0 Å². The molecule has 3 atom stereocenters. The van der Waals surface area contributed by atoms with E-state index >= 15 is 0 Å². The molecule has 69 heavy (non-hydrogen) atoms. The van der Waals surface area contributed by atoms with E-state index < -0.39 is 29.7 Å². The van der Waals surface area contributed by atoms with Crippen molar-refractivity contribution in [3.05, 3.63) is 95.6 Å². The van der Waals surface area contributed by atoms with Gasteiger partial charge in [0.05, 0.1) is 46.3 Å². The van der Waals surface area contributed by atoms with Crippen molar-refractivity contribution >= 4 is 23.8 Å². The van der Waals surface area contributed by atoms with E-state index in [-0.39, 0.29) is 50.6 Å². The van der Waals surface area contributed by atoms with Gasteiger partial charge in [0.25, 0.3) is 0 Å². The zero-order chi connectivity index (χ0) is 49.4. The van der Waals surface area contributed by atoms with Crippen LogP contribution in [0.25, 0.3) is 0 Å².